The van der Waals surface area contributed by atoms with Crippen LogP contribution < -0.4 is 10.2 Å². The molecule has 4 heteroatoms. The van der Waals surface area contributed by atoms with E-state index in [4.69, 9.17) is 0 Å². The predicted molar refractivity (Wildman–Crippen MR) is 66.1 cm³/mol. The van der Waals surface area contributed by atoms with Crippen LogP contribution in [0.2, 0.25) is 0 Å². The quantitative estimate of drug-likeness (QED) is 0.815. The van der Waals surface area contributed by atoms with Crippen LogP contribution in [0.3, 0.4) is 0 Å². The Kier molecular flexibility index (Phi) is 2.40. The molecular formula is C13H12FN3. The molecule has 0 bridgehead atoms. The molecule has 17 heavy (non-hydrogen) atoms. The van der Waals surface area contributed by atoms with Crippen molar-refractivity contribution in [2.75, 3.05) is 23.3 Å². The minimum Gasteiger partial charge on any atom is -0.381 e. The molecule has 1 aromatic carbocycles. The zero-order valence-electron chi connectivity index (χ0n) is 9.23. The maximum Gasteiger partial charge on any atom is 0.123 e. The second kappa shape index (κ2) is 4.05. The Hall–Kier alpha value is -2.10. The number of rotatable bonds is 1. The van der Waals surface area contributed by atoms with E-state index in [1.54, 1.807) is 18.3 Å². The molecule has 2 aromatic rings. The lowest BCUT2D eigenvalue weighted by molar-refractivity contribution is 0.627. The Balaban J connectivity index is 2.03. The molecule has 0 spiro atoms. The van der Waals surface area contributed by atoms with Gasteiger partial charge in [0.15, 0.2) is 0 Å². The van der Waals surface area contributed by atoms with E-state index in [9.17, 15) is 4.39 Å². The van der Waals surface area contributed by atoms with Gasteiger partial charge in [0, 0.05) is 25.0 Å². The van der Waals surface area contributed by atoms with Crippen LogP contribution in [-0.2, 0) is 0 Å². The molecule has 0 fully saturated rings. The summed E-state index contributed by atoms with van der Waals surface area (Å²) in [6, 6.07) is 8.49. The molecule has 3 nitrogen and oxygen atoms in total. The molecule has 0 saturated carbocycles. The summed E-state index contributed by atoms with van der Waals surface area (Å²) in [5.41, 5.74) is 3.09. The maximum atomic E-state index is 12.9. The average Bonchev–Trinajstić information content (AvgIpc) is 2.39. The standard InChI is InChI=1S/C13H12FN3/c14-10-1-3-11(4-2-10)17-8-7-16-12-5-6-15-9-13(12)17/h1-6,9,16H,7-8H2. The molecule has 0 atom stereocenters. The number of hydrogen-bond acceptors (Lipinski definition) is 3. The predicted octanol–water partition coefficient (Wildman–Crippen LogP) is 2.78. The number of pyridine rings is 1. The summed E-state index contributed by atoms with van der Waals surface area (Å²) in [5, 5.41) is 3.32. The number of aromatic nitrogens is 1. The fraction of sp³-hybridized carbons (Fsp3) is 0.154. The van der Waals surface area contributed by atoms with Crippen LogP contribution >= 0.6 is 0 Å². The van der Waals surface area contributed by atoms with Gasteiger partial charge in [-0.05, 0) is 30.3 Å². The molecule has 0 aliphatic carbocycles. The van der Waals surface area contributed by atoms with Crippen molar-refractivity contribution in [1.82, 2.24) is 4.98 Å². The van der Waals surface area contributed by atoms with Crippen molar-refractivity contribution in [3.8, 4) is 0 Å². The molecule has 3 rings (SSSR count). The highest BCUT2D eigenvalue weighted by atomic mass is 19.1. The highest BCUT2D eigenvalue weighted by molar-refractivity contribution is 5.77. The van der Waals surface area contributed by atoms with Gasteiger partial charge in [0.2, 0.25) is 0 Å². The van der Waals surface area contributed by atoms with Crippen LogP contribution in [0.25, 0.3) is 0 Å². The third kappa shape index (κ3) is 1.82. The number of hydrogen-bond donors (Lipinski definition) is 1. The van der Waals surface area contributed by atoms with Gasteiger partial charge in [0.1, 0.15) is 5.82 Å². The lowest BCUT2D eigenvalue weighted by Gasteiger charge is -2.31. The summed E-state index contributed by atoms with van der Waals surface area (Å²) in [6.07, 6.45) is 3.59. The van der Waals surface area contributed by atoms with Gasteiger partial charge in [-0.3, -0.25) is 4.98 Å². The Morgan fingerprint density at radius 3 is 2.82 bits per heavy atom. The minimum atomic E-state index is -0.213. The summed E-state index contributed by atoms with van der Waals surface area (Å²) in [6.45, 7) is 1.72. The van der Waals surface area contributed by atoms with Crippen molar-refractivity contribution < 1.29 is 4.39 Å². The summed E-state index contributed by atoms with van der Waals surface area (Å²) in [5.74, 6) is -0.213. The molecule has 2 heterocycles. The Morgan fingerprint density at radius 2 is 2.00 bits per heavy atom. The lowest BCUT2D eigenvalue weighted by Crippen LogP contribution is -2.30. The van der Waals surface area contributed by atoms with Crippen LogP contribution in [0.15, 0.2) is 42.7 Å². The zero-order valence-corrected chi connectivity index (χ0v) is 9.23. The van der Waals surface area contributed by atoms with Gasteiger partial charge in [-0.2, -0.15) is 0 Å². The third-order valence-corrected chi connectivity index (χ3v) is 2.88. The Bertz CT molecular complexity index is 524. The van der Waals surface area contributed by atoms with Crippen LogP contribution in [-0.4, -0.2) is 18.1 Å². The van der Waals surface area contributed by atoms with Gasteiger partial charge in [-0.15, -0.1) is 0 Å². The van der Waals surface area contributed by atoms with Crippen LogP contribution in [0.1, 0.15) is 0 Å². The first-order valence-electron chi connectivity index (χ1n) is 5.55. The first-order chi connectivity index (χ1) is 8.34. The van der Waals surface area contributed by atoms with Crippen molar-refractivity contribution in [2.24, 2.45) is 0 Å². The topological polar surface area (TPSA) is 28.2 Å². The SMILES string of the molecule is Fc1ccc(N2CCNc3ccncc32)cc1. The van der Waals surface area contributed by atoms with E-state index < -0.39 is 0 Å². The summed E-state index contributed by atoms with van der Waals surface area (Å²) < 4.78 is 12.9. The fourth-order valence-electron chi connectivity index (χ4n) is 2.06. The number of nitrogens with one attached hydrogen (secondary N) is 1. The highest BCUT2D eigenvalue weighted by Gasteiger charge is 2.17. The lowest BCUT2D eigenvalue weighted by atomic mass is 10.2. The van der Waals surface area contributed by atoms with E-state index in [-0.39, 0.29) is 5.82 Å². The van der Waals surface area contributed by atoms with E-state index in [1.165, 1.54) is 12.1 Å². The minimum absolute atomic E-state index is 0.213. The summed E-state index contributed by atoms with van der Waals surface area (Å²) >= 11 is 0. The van der Waals surface area contributed by atoms with Gasteiger partial charge < -0.3 is 10.2 Å². The first kappa shape index (κ1) is 10.1. The molecule has 0 radical (unpaired) electrons. The van der Waals surface area contributed by atoms with Crippen LogP contribution in [0, 0.1) is 5.82 Å². The number of anilines is 3. The molecule has 0 saturated heterocycles. The first-order valence-corrected chi connectivity index (χ1v) is 5.55. The number of halogens is 1. The largest absolute Gasteiger partial charge is 0.381 e. The maximum absolute atomic E-state index is 12.9. The summed E-state index contributed by atoms with van der Waals surface area (Å²) in [7, 11) is 0. The normalized spacial score (nSPS) is 14.1. The van der Waals surface area contributed by atoms with E-state index in [0.717, 1.165) is 30.2 Å². The molecule has 1 aromatic heterocycles. The Labute approximate surface area is 98.9 Å². The van der Waals surface area contributed by atoms with Crippen molar-refractivity contribution >= 4 is 17.1 Å². The molecule has 1 aliphatic heterocycles. The van der Waals surface area contributed by atoms with Gasteiger partial charge in [0.05, 0.1) is 17.6 Å². The van der Waals surface area contributed by atoms with Crippen molar-refractivity contribution in [3.05, 3.63) is 48.5 Å². The molecular weight excluding hydrogens is 217 g/mol. The van der Waals surface area contributed by atoms with E-state index in [2.05, 4.69) is 15.2 Å². The van der Waals surface area contributed by atoms with Crippen molar-refractivity contribution in [2.45, 2.75) is 0 Å². The fourth-order valence-corrected chi connectivity index (χ4v) is 2.06. The molecule has 1 aliphatic rings. The highest BCUT2D eigenvalue weighted by Crippen LogP contribution is 2.33. The van der Waals surface area contributed by atoms with Gasteiger partial charge >= 0.3 is 0 Å². The zero-order chi connectivity index (χ0) is 11.7. The Morgan fingerprint density at radius 1 is 1.18 bits per heavy atom. The van der Waals surface area contributed by atoms with Crippen molar-refractivity contribution in [1.29, 1.82) is 0 Å². The van der Waals surface area contributed by atoms with Gasteiger partial charge in [-0.25, -0.2) is 4.39 Å². The second-order valence-corrected chi connectivity index (χ2v) is 3.95. The smallest absolute Gasteiger partial charge is 0.123 e. The molecule has 86 valence electrons. The molecule has 0 unspecified atom stereocenters. The number of benzene rings is 1. The monoisotopic (exact) mass is 229 g/mol. The van der Waals surface area contributed by atoms with Gasteiger partial charge in [-0.1, -0.05) is 0 Å². The third-order valence-electron chi connectivity index (χ3n) is 2.88. The van der Waals surface area contributed by atoms with E-state index in [1.807, 2.05) is 12.3 Å². The number of nitrogens with zero attached hydrogens (tertiary/aromatic N) is 2. The van der Waals surface area contributed by atoms with Crippen LogP contribution in [0.5, 0.6) is 0 Å². The van der Waals surface area contributed by atoms with Crippen molar-refractivity contribution in [3.63, 3.8) is 0 Å². The molecule has 0 amide bonds. The summed E-state index contributed by atoms with van der Waals surface area (Å²) in [4.78, 5) is 6.27. The van der Waals surface area contributed by atoms with E-state index in [0.29, 0.717) is 0 Å². The number of fused-ring (bicyclic) bond motifs is 1. The van der Waals surface area contributed by atoms with E-state index >= 15 is 0 Å². The molecule has 1 N–H and O–H groups in total. The van der Waals surface area contributed by atoms with Crippen LogP contribution in [0.4, 0.5) is 21.5 Å². The van der Waals surface area contributed by atoms with Gasteiger partial charge in [0.25, 0.3) is 0 Å². The average molecular weight is 229 g/mol. The second-order valence-electron chi connectivity index (χ2n) is 3.95.